The van der Waals surface area contributed by atoms with Gasteiger partial charge >= 0.3 is 11.8 Å². The van der Waals surface area contributed by atoms with E-state index in [4.69, 9.17) is 14.2 Å². The molecule has 0 spiro atoms. The van der Waals surface area contributed by atoms with Gasteiger partial charge < -0.3 is 24.8 Å². The third-order valence-electron chi connectivity index (χ3n) is 3.68. The lowest BCUT2D eigenvalue weighted by molar-refractivity contribution is -0.136. The molecule has 1 aromatic rings. The number of amides is 2. The summed E-state index contributed by atoms with van der Waals surface area (Å²) >= 11 is 0. The molecule has 1 saturated heterocycles. The van der Waals surface area contributed by atoms with Gasteiger partial charge in [0.1, 0.15) is 11.5 Å². The monoisotopic (exact) mass is 337 g/mol. The Hall–Kier alpha value is -2.32. The summed E-state index contributed by atoms with van der Waals surface area (Å²) in [5, 5.41) is 5.15. The van der Waals surface area contributed by atoms with Crippen molar-refractivity contribution in [2.45, 2.75) is 0 Å². The molecule has 1 aromatic carbocycles. The smallest absolute Gasteiger partial charge is 0.313 e. The predicted octanol–water partition coefficient (Wildman–Crippen LogP) is 0.0907. The van der Waals surface area contributed by atoms with E-state index in [-0.39, 0.29) is 0 Å². The summed E-state index contributed by atoms with van der Waals surface area (Å²) in [4.78, 5) is 26.0. The lowest BCUT2D eigenvalue weighted by Crippen LogP contribution is -2.43. The number of nitrogens with one attached hydrogen (secondary N) is 2. The van der Waals surface area contributed by atoms with Crippen LogP contribution in [-0.2, 0) is 14.3 Å². The van der Waals surface area contributed by atoms with Crippen LogP contribution in [-0.4, -0.2) is 70.3 Å². The lowest BCUT2D eigenvalue weighted by Gasteiger charge is -2.26. The molecule has 1 aliphatic rings. The number of carbonyl (C=O) groups excluding carboxylic acids is 2. The first-order valence-electron chi connectivity index (χ1n) is 7.75. The Kier molecular flexibility index (Phi) is 6.83. The first kappa shape index (κ1) is 18.0. The van der Waals surface area contributed by atoms with Gasteiger partial charge in [-0.15, -0.1) is 0 Å². The van der Waals surface area contributed by atoms with Crippen molar-refractivity contribution >= 4 is 17.5 Å². The van der Waals surface area contributed by atoms with Gasteiger partial charge in [0.25, 0.3) is 0 Å². The molecule has 1 fully saturated rings. The molecule has 2 N–H and O–H groups in total. The van der Waals surface area contributed by atoms with Crippen LogP contribution < -0.4 is 20.1 Å². The summed E-state index contributed by atoms with van der Waals surface area (Å²) in [6, 6.07) is 4.93. The Morgan fingerprint density at radius 3 is 2.58 bits per heavy atom. The molecule has 1 aliphatic heterocycles. The molecule has 1 heterocycles. The number of benzene rings is 1. The molecular weight excluding hydrogens is 314 g/mol. The minimum absolute atomic E-state index is 0.409. The number of ether oxygens (including phenoxy) is 3. The van der Waals surface area contributed by atoms with Crippen molar-refractivity contribution in [2.75, 3.05) is 58.9 Å². The Balaban J connectivity index is 1.81. The number of hydrogen-bond acceptors (Lipinski definition) is 6. The van der Waals surface area contributed by atoms with Crippen LogP contribution in [0.2, 0.25) is 0 Å². The average molecular weight is 337 g/mol. The Morgan fingerprint density at radius 2 is 1.92 bits per heavy atom. The van der Waals surface area contributed by atoms with E-state index in [2.05, 4.69) is 15.5 Å². The van der Waals surface area contributed by atoms with Gasteiger partial charge in [0.15, 0.2) is 0 Å². The second kappa shape index (κ2) is 9.09. The van der Waals surface area contributed by atoms with E-state index in [1.165, 1.54) is 14.2 Å². The van der Waals surface area contributed by atoms with E-state index < -0.39 is 11.8 Å². The number of methoxy groups -OCH3 is 2. The van der Waals surface area contributed by atoms with Crippen molar-refractivity contribution in [1.29, 1.82) is 0 Å². The van der Waals surface area contributed by atoms with Gasteiger partial charge in [-0.05, 0) is 12.1 Å². The fourth-order valence-corrected chi connectivity index (χ4v) is 2.31. The number of morpholine rings is 1. The number of carbonyl (C=O) groups is 2. The van der Waals surface area contributed by atoms with Crippen LogP contribution in [0.15, 0.2) is 18.2 Å². The van der Waals surface area contributed by atoms with Gasteiger partial charge in [0.2, 0.25) is 0 Å². The molecule has 0 unspecified atom stereocenters. The maximum absolute atomic E-state index is 12.0. The zero-order valence-corrected chi connectivity index (χ0v) is 14.0. The standard InChI is InChI=1S/C16H23N3O5/c1-22-12-3-4-13(14(11-12)23-2)18-16(21)15(20)17-5-6-19-7-9-24-10-8-19/h3-4,11H,5-10H2,1-2H3,(H,17,20)(H,18,21). The number of nitrogens with zero attached hydrogens (tertiary/aromatic N) is 1. The first-order valence-corrected chi connectivity index (χ1v) is 7.75. The van der Waals surface area contributed by atoms with Crippen LogP contribution in [0.1, 0.15) is 0 Å². The highest BCUT2D eigenvalue weighted by molar-refractivity contribution is 6.39. The maximum atomic E-state index is 12.0. The van der Waals surface area contributed by atoms with Crippen LogP contribution in [0.4, 0.5) is 5.69 Å². The van der Waals surface area contributed by atoms with Gasteiger partial charge in [-0.3, -0.25) is 14.5 Å². The minimum Gasteiger partial charge on any atom is -0.497 e. The maximum Gasteiger partial charge on any atom is 0.313 e. The third kappa shape index (κ3) is 5.10. The predicted molar refractivity (Wildman–Crippen MR) is 88.4 cm³/mol. The molecule has 2 amide bonds. The molecule has 0 aromatic heterocycles. The van der Waals surface area contributed by atoms with Crippen molar-refractivity contribution in [3.05, 3.63) is 18.2 Å². The molecule has 0 saturated carbocycles. The normalized spacial score (nSPS) is 14.8. The van der Waals surface area contributed by atoms with Crippen LogP contribution in [0.5, 0.6) is 11.5 Å². The molecule has 8 nitrogen and oxygen atoms in total. The number of rotatable bonds is 6. The summed E-state index contributed by atoms with van der Waals surface area (Å²) < 4.78 is 15.5. The second-order valence-electron chi connectivity index (χ2n) is 5.23. The third-order valence-corrected chi connectivity index (χ3v) is 3.68. The van der Waals surface area contributed by atoms with Gasteiger partial charge in [-0.2, -0.15) is 0 Å². The number of anilines is 1. The van der Waals surface area contributed by atoms with E-state index in [0.717, 1.165) is 13.1 Å². The summed E-state index contributed by atoms with van der Waals surface area (Å²) in [6.07, 6.45) is 0. The van der Waals surface area contributed by atoms with Crippen molar-refractivity contribution < 1.29 is 23.8 Å². The Bertz CT molecular complexity index is 573. The highest BCUT2D eigenvalue weighted by Crippen LogP contribution is 2.28. The Morgan fingerprint density at radius 1 is 1.17 bits per heavy atom. The average Bonchev–Trinajstić information content (AvgIpc) is 2.62. The van der Waals surface area contributed by atoms with Gasteiger partial charge in [0.05, 0.1) is 33.1 Å². The molecule has 8 heteroatoms. The summed E-state index contributed by atoms with van der Waals surface area (Å²) in [7, 11) is 3.02. The second-order valence-corrected chi connectivity index (χ2v) is 5.23. The molecular formula is C16H23N3O5. The summed E-state index contributed by atoms with van der Waals surface area (Å²) in [6.45, 7) is 4.17. The molecule has 0 atom stereocenters. The van der Waals surface area contributed by atoms with E-state index in [0.29, 0.717) is 43.5 Å². The molecule has 24 heavy (non-hydrogen) atoms. The molecule has 0 bridgehead atoms. The van der Waals surface area contributed by atoms with E-state index in [1.54, 1.807) is 18.2 Å². The van der Waals surface area contributed by atoms with E-state index in [9.17, 15) is 9.59 Å². The molecule has 0 aliphatic carbocycles. The van der Waals surface area contributed by atoms with Gasteiger partial charge in [0, 0.05) is 32.2 Å². The molecule has 132 valence electrons. The van der Waals surface area contributed by atoms with Crippen molar-refractivity contribution in [1.82, 2.24) is 10.2 Å². The highest BCUT2D eigenvalue weighted by atomic mass is 16.5. The zero-order chi connectivity index (χ0) is 17.4. The summed E-state index contributed by atoms with van der Waals surface area (Å²) in [5.41, 5.74) is 0.409. The molecule has 0 radical (unpaired) electrons. The quantitative estimate of drug-likeness (QED) is 0.715. The summed E-state index contributed by atoms with van der Waals surface area (Å²) in [5.74, 6) is -0.398. The topological polar surface area (TPSA) is 89.1 Å². The first-order chi connectivity index (χ1) is 11.6. The zero-order valence-electron chi connectivity index (χ0n) is 14.0. The van der Waals surface area contributed by atoms with Gasteiger partial charge in [-0.25, -0.2) is 0 Å². The molecule has 2 rings (SSSR count). The fraction of sp³-hybridized carbons (Fsp3) is 0.500. The van der Waals surface area contributed by atoms with Crippen LogP contribution in [0, 0.1) is 0 Å². The lowest BCUT2D eigenvalue weighted by atomic mass is 10.2. The highest BCUT2D eigenvalue weighted by Gasteiger charge is 2.17. The van der Waals surface area contributed by atoms with E-state index in [1.807, 2.05) is 0 Å². The van der Waals surface area contributed by atoms with E-state index >= 15 is 0 Å². The van der Waals surface area contributed by atoms with Crippen molar-refractivity contribution in [2.24, 2.45) is 0 Å². The fourth-order valence-electron chi connectivity index (χ4n) is 2.31. The van der Waals surface area contributed by atoms with Crippen LogP contribution >= 0.6 is 0 Å². The number of hydrogen-bond donors (Lipinski definition) is 2. The van der Waals surface area contributed by atoms with Crippen molar-refractivity contribution in [3.63, 3.8) is 0 Å². The van der Waals surface area contributed by atoms with Crippen LogP contribution in [0.25, 0.3) is 0 Å². The largest absolute Gasteiger partial charge is 0.497 e. The van der Waals surface area contributed by atoms with Crippen molar-refractivity contribution in [3.8, 4) is 11.5 Å². The Labute approximate surface area is 141 Å². The van der Waals surface area contributed by atoms with Crippen LogP contribution in [0.3, 0.4) is 0 Å². The van der Waals surface area contributed by atoms with Gasteiger partial charge in [-0.1, -0.05) is 0 Å². The minimum atomic E-state index is -0.736. The SMILES string of the molecule is COc1ccc(NC(=O)C(=O)NCCN2CCOCC2)c(OC)c1.